The minimum Gasteiger partial charge on any atom is -0.368 e. The lowest BCUT2D eigenvalue weighted by atomic mass is 10.0. The number of nitrogens with zero attached hydrogens (tertiary/aromatic N) is 3. The molecular formula is C17H27N3. The zero-order chi connectivity index (χ0) is 14.1. The summed E-state index contributed by atoms with van der Waals surface area (Å²) in [6.07, 6.45) is 0. The first-order valence-electron chi connectivity index (χ1n) is 7.93. The van der Waals surface area contributed by atoms with Gasteiger partial charge in [0.2, 0.25) is 0 Å². The Kier molecular flexibility index (Phi) is 3.99. The van der Waals surface area contributed by atoms with Crippen LogP contribution in [0.25, 0.3) is 0 Å². The van der Waals surface area contributed by atoms with E-state index in [1.807, 2.05) is 0 Å². The van der Waals surface area contributed by atoms with Crippen LogP contribution in [-0.2, 0) is 0 Å². The van der Waals surface area contributed by atoms with Crippen LogP contribution in [0.1, 0.15) is 19.4 Å². The summed E-state index contributed by atoms with van der Waals surface area (Å²) in [7, 11) is 0. The van der Waals surface area contributed by atoms with Crippen molar-refractivity contribution in [2.24, 2.45) is 0 Å². The third-order valence-corrected chi connectivity index (χ3v) is 4.82. The third kappa shape index (κ3) is 2.84. The van der Waals surface area contributed by atoms with Crippen LogP contribution < -0.4 is 4.90 Å². The summed E-state index contributed by atoms with van der Waals surface area (Å²) in [5.41, 5.74) is 2.75. The van der Waals surface area contributed by atoms with E-state index in [9.17, 15) is 0 Å². The van der Waals surface area contributed by atoms with Crippen molar-refractivity contribution in [3.05, 3.63) is 29.8 Å². The molecule has 2 saturated heterocycles. The molecule has 1 aromatic carbocycles. The molecule has 20 heavy (non-hydrogen) atoms. The number of benzene rings is 1. The van der Waals surface area contributed by atoms with E-state index in [2.05, 4.69) is 59.7 Å². The summed E-state index contributed by atoms with van der Waals surface area (Å²) in [5, 5.41) is 0. The van der Waals surface area contributed by atoms with Gasteiger partial charge in [0.1, 0.15) is 0 Å². The number of hydrogen-bond acceptors (Lipinski definition) is 3. The standard InChI is InChI=1S/C17H27N3/c1-14(2)18-7-9-19(10-8-18)17-12-20(13-17)16-6-4-5-15(3)11-16/h4-6,11,14,17H,7-10,12-13H2,1-3H3. The Labute approximate surface area is 123 Å². The molecule has 2 aliphatic heterocycles. The van der Waals surface area contributed by atoms with Gasteiger partial charge in [0.15, 0.2) is 0 Å². The zero-order valence-corrected chi connectivity index (χ0v) is 13.0. The van der Waals surface area contributed by atoms with E-state index in [-0.39, 0.29) is 0 Å². The van der Waals surface area contributed by atoms with Crippen LogP contribution in [0.15, 0.2) is 24.3 Å². The quantitative estimate of drug-likeness (QED) is 0.836. The fraction of sp³-hybridized carbons (Fsp3) is 0.647. The second-order valence-corrected chi connectivity index (χ2v) is 6.56. The molecule has 0 unspecified atom stereocenters. The maximum absolute atomic E-state index is 2.69. The molecule has 0 aromatic heterocycles. The van der Waals surface area contributed by atoms with Crippen LogP contribution >= 0.6 is 0 Å². The van der Waals surface area contributed by atoms with Crippen molar-refractivity contribution in [3.8, 4) is 0 Å². The number of hydrogen-bond donors (Lipinski definition) is 0. The molecule has 0 amide bonds. The lowest BCUT2D eigenvalue weighted by molar-refractivity contribution is 0.0678. The maximum Gasteiger partial charge on any atom is 0.0447 e. The summed E-state index contributed by atoms with van der Waals surface area (Å²) in [6.45, 7) is 14.1. The van der Waals surface area contributed by atoms with Crippen molar-refractivity contribution in [2.45, 2.75) is 32.9 Å². The van der Waals surface area contributed by atoms with Gasteiger partial charge in [0, 0.05) is 57.0 Å². The van der Waals surface area contributed by atoms with E-state index in [1.54, 1.807) is 0 Å². The van der Waals surface area contributed by atoms with E-state index in [0.717, 1.165) is 6.04 Å². The first-order valence-corrected chi connectivity index (χ1v) is 7.93. The molecule has 0 bridgehead atoms. The fourth-order valence-electron chi connectivity index (χ4n) is 3.34. The van der Waals surface area contributed by atoms with Crippen molar-refractivity contribution < 1.29 is 0 Å². The second kappa shape index (κ2) is 5.74. The molecule has 0 aliphatic carbocycles. The predicted octanol–water partition coefficient (Wildman–Crippen LogP) is 2.21. The third-order valence-electron chi connectivity index (χ3n) is 4.82. The van der Waals surface area contributed by atoms with Crippen LogP contribution in [0.5, 0.6) is 0 Å². The molecule has 0 saturated carbocycles. The van der Waals surface area contributed by atoms with Crippen molar-refractivity contribution >= 4 is 5.69 Å². The Morgan fingerprint density at radius 3 is 2.35 bits per heavy atom. The first-order chi connectivity index (χ1) is 9.63. The van der Waals surface area contributed by atoms with Gasteiger partial charge < -0.3 is 4.90 Å². The molecule has 0 spiro atoms. The number of piperazine rings is 1. The van der Waals surface area contributed by atoms with Crippen LogP contribution in [0.4, 0.5) is 5.69 Å². The maximum atomic E-state index is 2.69. The largest absolute Gasteiger partial charge is 0.368 e. The Morgan fingerprint density at radius 2 is 1.75 bits per heavy atom. The highest BCUT2D eigenvalue weighted by atomic mass is 15.4. The number of anilines is 1. The lowest BCUT2D eigenvalue weighted by Gasteiger charge is -2.49. The summed E-state index contributed by atoms with van der Waals surface area (Å²) < 4.78 is 0. The SMILES string of the molecule is Cc1cccc(N2CC(N3CCN(C(C)C)CC3)C2)c1. The van der Waals surface area contributed by atoms with Gasteiger partial charge in [-0.25, -0.2) is 0 Å². The minimum absolute atomic E-state index is 0.697. The Hall–Kier alpha value is -1.06. The number of aryl methyl sites for hydroxylation is 1. The van der Waals surface area contributed by atoms with E-state index in [4.69, 9.17) is 0 Å². The molecule has 0 atom stereocenters. The van der Waals surface area contributed by atoms with Crippen LogP contribution in [0.3, 0.4) is 0 Å². The molecule has 3 heteroatoms. The monoisotopic (exact) mass is 273 g/mol. The van der Waals surface area contributed by atoms with Crippen molar-refractivity contribution in [1.29, 1.82) is 0 Å². The van der Waals surface area contributed by atoms with Gasteiger partial charge in [0.05, 0.1) is 0 Å². The van der Waals surface area contributed by atoms with E-state index in [0.29, 0.717) is 6.04 Å². The molecule has 3 nitrogen and oxygen atoms in total. The molecule has 1 aromatic rings. The van der Waals surface area contributed by atoms with Gasteiger partial charge in [-0.1, -0.05) is 12.1 Å². The van der Waals surface area contributed by atoms with Gasteiger partial charge in [-0.3, -0.25) is 9.80 Å². The molecule has 0 N–H and O–H groups in total. The predicted molar refractivity (Wildman–Crippen MR) is 85.5 cm³/mol. The van der Waals surface area contributed by atoms with Gasteiger partial charge in [-0.15, -0.1) is 0 Å². The summed E-state index contributed by atoms with van der Waals surface area (Å²) in [5.74, 6) is 0. The molecule has 2 heterocycles. The Balaban J connectivity index is 1.49. The second-order valence-electron chi connectivity index (χ2n) is 6.56. The van der Waals surface area contributed by atoms with Gasteiger partial charge >= 0.3 is 0 Å². The van der Waals surface area contributed by atoms with Crippen molar-refractivity contribution in [3.63, 3.8) is 0 Å². The van der Waals surface area contributed by atoms with E-state index in [1.165, 1.54) is 50.5 Å². The van der Waals surface area contributed by atoms with Crippen LogP contribution in [0, 0.1) is 6.92 Å². The van der Waals surface area contributed by atoms with Gasteiger partial charge in [-0.2, -0.15) is 0 Å². The van der Waals surface area contributed by atoms with Crippen LogP contribution in [0.2, 0.25) is 0 Å². The number of rotatable bonds is 3. The highest BCUT2D eigenvalue weighted by molar-refractivity contribution is 5.51. The zero-order valence-electron chi connectivity index (χ0n) is 13.0. The normalized spacial score (nSPS) is 22.3. The Bertz CT molecular complexity index is 443. The average Bonchev–Trinajstić information content (AvgIpc) is 2.38. The molecule has 2 aliphatic rings. The molecule has 110 valence electrons. The van der Waals surface area contributed by atoms with Gasteiger partial charge in [-0.05, 0) is 38.5 Å². The van der Waals surface area contributed by atoms with Crippen molar-refractivity contribution in [2.75, 3.05) is 44.2 Å². The highest BCUT2D eigenvalue weighted by Crippen LogP contribution is 2.25. The average molecular weight is 273 g/mol. The Morgan fingerprint density at radius 1 is 1.05 bits per heavy atom. The first kappa shape index (κ1) is 13.9. The smallest absolute Gasteiger partial charge is 0.0447 e. The highest BCUT2D eigenvalue weighted by Gasteiger charge is 2.33. The summed E-state index contributed by atoms with van der Waals surface area (Å²) in [6, 6.07) is 10.3. The minimum atomic E-state index is 0.697. The molecular weight excluding hydrogens is 246 g/mol. The van der Waals surface area contributed by atoms with Crippen LogP contribution in [-0.4, -0.2) is 61.2 Å². The molecule has 2 fully saturated rings. The lowest BCUT2D eigenvalue weighted by Crippen LogP contribution is -2.63. The van der Waals surface area contributed by atoms with Crippen molar-refractivity contribution in [1.82, 2.24) is 9.80 Å². The molecule has 3 rings (SSSR count). The van der Waals surface area contributed by atoms with Gasteiger partial charge in [0.25, 0.3) is 0 Å². The molecule has 0 radical (unpaired) electrons. The fourth-order valence-corrected chi connectivity index (χ4v) is 3.34. The van der Waals surface area contributed by atoms with E-state index >= 15 is 0 Å². The topological polar surface area (TPSA) is 9.72 Å². The van der Waals surface area contributed by atoms with E-state index < -0.39 is 0 Å². The summed E-state index contributed by atoms with van der Waals surface area (Å²) in [4.78, 5) is 7.78. The summed E-state index contributed by atoms with van der Waals surface area (Å²) >= 11 is 0.